The maximum Gasteiger partial charge on any atom is 0.251 e. The van der Waals surface area contributed by atoms with Crippen LogP contribution in [0.3, 0.4) is 0 Å². The molecule has 7 nitrogen and oxygen atoms in total. The van der Waals surface area contributed by atoms with E-state index in [1.54, 1.807) is 21.6 Å². The molecule has 4 aliphatic rings. The lowest BCUT2D eigenvalue weighted by Crippen LogP contribution is -2.54. The summed E-state index contributed by atoms with van der Waals surface area (Å²) in [6, 6.07) is 13.9. The lowest BCUT2D eigenvalue weighted by Gasteiger charge is -2.39. The zero-order valence-corrected chi connectivity index (χ0v) is 24.6. The van der Waals surface area contributed by atoms with Crippen molar-refractivity contribution in [2.45, 2.75) is 49.3 Å². The molecule has 0 aliphatic carbocycles. The number of carbonyl (C=O) groups excluding carboxylic acids is 3. The smallest absolute Gasteiger partial charge is 0.251 e. The zero-order valence-electron chi connectivity index (χ0n) is 23.8. The maximum atomic E-state index is 14.8. The number of aliphatic hydroxyl groups is 1. The SMILES string of the molecule is CCCN1CC=C[C@H]2S[C@]34C=CCN(c5cc(C)ccc5C)C(=O)C3N([C@H](CO)c3ccccc3)C(=O)[C@@H]4[C@H]2C1=O. The van der Waals surface area contributed by atoms with Crippen LogP contribution >= 0.6 is 11.8 Å². The first-order valence-corrected chi connectivity index (χ1v) is 15.4. The van der Waals surface area contributed by atoms with Gasteiger partial charge in [0.05, 0.1) is 29.2 Å². The quantitative estimate of drug-likeness (QED) is 0.530. The van der Waals surface area contributed by atoms with E-state index in [1.165, 1.54) is 0 Å². The highest BCUT2D eigenvalue weighted by Gasteiger charge is 2.72. The van der Waals surface area contributed by atoms with Crippen molar-refractivity contribution in [2.24, 2.45) is 11.8 Å². The van der Waals surface area contributed by atoms with Crippen molar-refractivity contribution in [3.8, 4) is 0 Å². The molecule has 2 saturated heterocycles. The Kier molecular flexibility index (Phi) is 7.32. The Morgan fingerprint density at radius 3 is 2.51 bits per heavy atom. The number of likely N-dealkylation sites (tertiary alicyclic amines) is 1. The van der Waals surface area contributed by atoms with Gasteiger partial charge in [-0.25, -0.2) is 0 Å². The molecule has 0 bridgehead atoms. The third-order valence-electron chi connectivity index (χ3n) is 9.02. The minimum Gasteiger partial charge on any atom is -0.394 e. The number of aryl methyl sites for hydroxylation is 2. The summed E-state index contributed by atoms with van der Waals surface area (Å²) >= 11 is 1.57. The van der Waals surface area contributed by atoms with Crippen molar-refractivity contribution < 1.29 is 19.5 Å². The van der Waals surface area contributed by atoms with E-state index in [0.717, 1.165) is 28.8 Å². The summed E-state index contributed by atoms with van der Waals surface area (Å²) in [6.07, 6.45) is 8.96. The molecule has 3 amide bonds. The van der Waals surface area contributed by atoms with Gasteiger partial charge in [-0.3, -0.25) is 14.4 Å². The molecule has 4 heterocycles. The average Bonchev–Trinajstić information content (AvgIpc) is 3.29. The van der Waals surface area contributed by atoms with Crippen molar-refractivity contribution in [2.75, 3.05) is 31.1 Å². The highest BCUT2D eigenvalue weighted by molar-refractivity contribution is 8.02. The van der Waals surface area contributed by atoms with E-state index in [4.69, 9.17) is 0 Å². The second-order valence-electron chi connectivity index (χ2n) is 11.6. The molecular weight excluding hydrogens is 534 g/mol. The predicted octanol–water partition coefficient (Wildman–Crippen LogP) is 4.05. The molecule has 8 heteroatoms. The number of hydrogen-bond acceptors (Lipinski definition) is 5. The second kappa shape index (κ2) is 10.8. The number of anilines is 1. The Hall–Kier alpha value is -3.36. The Morgan fingerprint density at radius 2 is 1.78 bits per heavy atom. The van der Waals surface area contributed by atoms with Crippen LogP contribution in [0.2, 0.25) is 0 Å². The molecule has 0 radical (unpaired) electrons. The topological polar surface area (TPSA) is 81.2 Å². The number of fused-ring (bicyclic) bond motifs is 2. The van der Waals surface area contributed by atoms with Gasteiger partial charge >= 0.3 is 0 Å². The highest BCUT2D eigenvalue weighted by atomic mass is 32.2. The van der Waals surface area contributed by atoms with Crippen LogP contribution in [0.25, 0.3) is 0 Å². The van der Waals surface area contributed by atoms with Gasteiger partial charge < -0.3 is 19.8 Å². The summed E-state index contributed by atoms with van der Waals surface area (Å²) in [6.45, 7) is 7.22. The fourth-order valence-electron chi connectivity index (χ4n) is 7.19. The van der Waals surface area contributed by atoms with Gasteiger partial charge in [0.2, 0.25) is 11.8 Å². The minimum absolute atomic E-state index is 0.0260. The van der Waals surface area contributed by atoms with Crippen molar-refractivity contribution in [1.29, 1.82) is 0 Å². The van der Waals surface area contributed by atoms with Gasteiger partial charge in [0.25, 0.3) is 5.91 Å². The van der Waals surface area contributed by atoms with Crippen LogP contribution in [-0.2, 0) is 14.4 Å². The summed E-state index contributed by atoms with van der Waals surface area (Å²) in [5, 5.41) is 10.5. The van der Waals surface area contributed by atoms with Gasteiger partial charge in [0.15, 0.2) is 0 Å². The van der Waals surface area contributed by atoms with Gasteiger partial charge in [-0.15, -0.1) is 11.8 Å². The number of nitrogens with zero attached hydrogens (tertiary/aromatic N) is 3. The predicted molar refractivity (Wildman–Crippen MR) is 161 cm³/mol. The summed E-state index contributed by atoms with van der Waals surface area (Å²) < 4.78 is -0.937. The van der Waals surface area contributed by atoms with Crippen LogP contribution in [0, 0.1) is 25.7 Å². The van der Waals surface area contributed by atoms with Gasteiger partial charge in [-0.2, -0.15) is 0 Å². The molecule has 2 fully saturated rings. The van der Waals surface area contributed by atoms with E-state index in [0.29, 0.717) is 19.6 Å². The molecule has 214 valence electrons. The second-order valence-corrected chi connectivity index (χ2v) is 13.0. The number of thioether (sulfide) groups is 1. The van der Waals surface area contributed by atoms with Crippen molar-refractivity contribution >= 4 is 35.2 Å². The number of benzene rings is 2. The maximum absolute atomic E-state index is 14.8. The molecule has 1 spiro atoms. The van der Waals surface area contributed by atoms with Crippen LogP contribution in [0.4, 0.5) is 5.69 Å². The Morgan fingerprint density at radius 1 is 1.00 bits per heavy atom. The lowest BCUT2D eigenvalue weighted by atomic mass is 9.78. The van der Waals surface area contributed by atoms with Crippen LogP contribution in [0.5, 0.6) is 0 Å². The average molecular weight is 572 g/mol. The molecule has 2 aromatic carbocycles. The van der Waals surface area contributed by atoms with E-state index < -0.39 is 28.7 Å². The van der Waals surface area contributed by atoms with Crippen LogP contribution in [0.1, 0.15) is 36.1 Å². The first-order valence-electron chi connectivity index (χ1n) is 14.5. The molecule has 0 saturated carbocycles. The molecule has 1 unspecified atom stereocenters. The van der Waals surface area contributed by atoms with E-state index in [1.807, 2.05) is 92.4 Å². The van der Waals surface area contributed by atoms with Crippen molar-refractivity contribution in [3.63, 3.8) is 0 Å². The van der Waals surface area contributed by atoms with Crippen molar-refractivity contribution in [3.05, 3.63) is 89.5 Å². The molecule has 6 rings (SSSR count). The van der Waals surface area contributed by atoms with Crippen LogP contribution in [0.15, 0.2) is 72.8 Å². The Labute approximate surface area is 245 Å². The first-order chi connectivity index (χ1) is 19.8. The lowest BCUT2D eigenvalue weighted by molar-refractivity contribution is -0.144. The molecule has 0 aromatic heterocycles. The van der Waals surface area contributed by atoms with E-state index >= 15 is 0 Å². The highest BCUT2D eigenvalue weighted by Crippen LogP contribution is 2.62. The molecule has 41 heavy (non-hydrogen) atoms. The summed E-state index contributed by atoms with van der Waals surface area (Å²) in [4.78, 5) is 48.9. The van der Waals surface area contributed by atoms with Crippen LogP contribution < -0.4 is 4.90 Å². The van der Waals surface area contributed by atoms with Gasteiger partial charge in [-0.05, 0) is 43.0 Å². The fraction of sp³-hybridized carbons (Fsp3) is 0.424. The largest absolute Gasteiger partial charge is 0.394 e. The Bertz CT molecular complexity index is 1420. The van der Waals surface area contributed by atoms with Crippen LogP contribution in [-0.4, -0.2) is 74.9 Å². The number of hydrogen-bond donors (Lipinski definition) is 1. The first kappa shape index (κ1) is 27.8. The van der Waals surface area contributed by atoms with Crippen molar-refractivity contribution in [1.82, 2.24) is 9.80 Å². The normalized spacial score (nSPS) is 29.8. The summed E-state index contributed by atoms with van der Waals surface area (Å²) in [5.74, 6) is -1.74. The monoisotopic (exact) mass is 571 g/mol. The third kappa shape index (κ3) is 4.34. The molecule has 2 aromatic rings. The molecule has 4 aliphatic heterocycles. The number of aliphatic hydroxyl groups excluding tert-OH is 1. The third-order valence-corrected chi connectivity index (χ3v) is 10.8. The number of rotatable bonds is 6. The number of amides is 3. The Balaban J connectivity index is 1.52. The van der Waals surface area contributed by atoms with E-state index in [9.17, 15) is 19.5 Å². The van der Waals surface area contributed by atoms with Gasteiger partial charge in [0.1, 0.15) is 6.04 Å². The molecule has 1 N–H and O–H groups in total. The van der Waals surface area contributed by atoms with E-state index in [2.05, 4.69) is 6.08 Å². The standard InChI is InChI=1S/C33H37N3O4S/c1-4-16-34-17-8-12-26-27(30(34)38)28-31(39)36(25(20-37)23-10-6-5-7-11-23)29-32(40)35(18-9-15-33(28,29)41-26)24-19-21(2)13-14-22(24)3/h5-15,19,25-29,37H,4,16-18,20H2,1-3H3/t25-,26-,27+,28+,29?,33+/m1/s1. The fourth-order valence-corrected chi connectivity index (χ4v) is 9.18. The minimum atomic E-state index is -0.937. The van der Waals surface area contributed by atoms with Gasteiger partial charge in [-0.1, -0.05) is 73.7 Å². The molecule has 6 atom stereocenters. The van der Waals surface area contributed by atoms with Gasteiger partial charge in [0, 0.05) is 30.6 Å². The number of carbonyl (C=O) groups is 3. The van der Waals surface area contributed by atoms with E-state index in [-0.39, 0.29) is 29.6 Å². The summed E-state index contributed by atoms with van der Waals surface area (Å²) in [7, 11) is 0. The molecular formula is C33H37N3O4S. The zero-order chi connectivity index (χ0) is 28.9. The summed E-state index contributed by atoms with van der Waals surface area (Å²) in [5.41, 5.74) is 3.59.